The minimum atomic E-state index is -3.92. The third-order valence-electron chi connectivity index (χ3n) is 2.65. The number of rotatable bonds is 3. The summed E-state index contributed by atoms with van der Waals surface area (Å²) in [5, 5.41) is 7.23. The van der Waals surface area contributed by atoms with Crippen molar-refractivity contribution in [2.24, 2.45) is 5.14 Å². The van der Waals surface area contributed by atoms with E-state index in [9.17, 15) is 17.6 Å². The van der Waals surface area contributed by atoms with E-state index in [1.54, 1.807) is 0 Å². The fourth-order valence-corrected chi connectivity index (χ4v) is 2.82. The van der Waals surface area contributed by atoms with Gasteiger partial charge in [-0.25, -0.2) is 17.9 Å². The molecule has 9 heteroatoms. The third kappa shape index (κ3) is 3.75. The van der Waals surface area contributed by atoms with E-state index in [0.717, 1.165) is 12.1 Å². The molecular formula is C13H9Cl2FN2O3S. The number of hydrogen-bond donors (Lipinski definition) is 2. The number of benzene rings is 2. The van der Waals surface area contributed by atoms with Gasteiger partial charge < -0.3 is 5.32 Å². The van der Waals surface area contributed by atoms with Gasteiger partial charge in [0.1, 0.15) is 5.82 Å². The molecule has 2 aromatic rings. The van der Waals surface area contributed by atoms with E-state index in [2.05, 4.69) is 5.32 Å². The van der Waals surface area contributed by atoms with E-state index in [4.69, 9.17) is 28.3 Å². The molecule has 0 fully saturated rings. The Labute approximate surface area is 135 Å². The average molecular weight is 363 g/mol. The normalized spacial score (nSPS) is 11.3. The van der Waals surface area contributed by atoms with Gasteiger partial charge in [-0.05, 0) is 30.3 Å². The molecule has 0 aliphatic heterocycles. The molecule has 0 heterocycles. The smallest absolute Gasteiger partial charge is 0.260 e. The van der Waals surface area contributed by atoms with Crippen LogP contribution in [0.15, 0.2) is 41.3 Å². The molecule has 0 spiro atoms. The van der Waals surface area contributed by atoms with Crippen LogP contribution >= 0.6 is 23.2 Å². The van der Waals surface area contributed by atoms with E-state index < -0.39 is 27.3 Å². The molecule has 2 aromatic carbocycles. The lowest BCUT2D eigenvalue weighted by Gasteiger charge is -2.09. The molecule has 0 radical (unpaired) electrons. The summed E-state index contributed by atoms with van der Waals surface area (Å²) in [6.07, 6.45) is 0. The molecule has 0 bridgehead atoms. The SMILES string of the molecule is NS(=O)(=O)c1cccc(NC(=O)c2c(F)cc(Cl)cc2Cl)c1. The van der Waals surface area contributed by atoms with Gasteiger partial charge in [0, 0.05) is 10.7 Å². The Balaban J connectivity index is 2.34. The minimum Gasteiger partial charge on any atom is -0.322 e. The van der Waals surface area contributed by atoms with Crippen LogP contribution < -0.4 is 10.5 Å². The zero-order chi connectivity index (χ0) is 16.5. The van der Waals surface area contributed by atoms with E-state index >= 15 is 0 Å². The van der Waals surface area contributed by atoms with E-state index in [1.807, 2.05) is 0 Å². The van der Waals surface area contributed by atoms with Gasteiger partial charge in [-0.2, -0.15) is 0 Å². The van der Waals surface area contributed by atoms with Crippen molar-refractivity contribution in [1.82, 2.24) is 0 Å². The minimum absolute atomic E-state index is 0.0512. The fourth-order valence-electron chi connectivity index (χ4n) is 1.70. The standard InChI is InChI=1S/C13H9Cl2FN2O3S/c14-7-4-10(15)12(11(16)5-7)13(19)18-8-2-1-3-9(6-8)22(17,20)21/h1-6H,(H,18,19)(H2,17,20,21). The van der Waals surface area contributed by atoms with Crippen molar-refractivity contribution in [2.45, 2.75) is 4.90 Å². The van der Waals surface area contributed by atoms with Crippen molar-refractivity contribution in [3.8, 4) is 0 Å². The number of hydrogen-bond acceptors (Lipinski definition) is 3. The molecule has 1 amide bonds. The summed E-state index contributed by atoms with van der Waals surface area (Å²) < 4.78 is 36.3. The van der Waals surface area contributed by atoms with Gasteiger partial charge in [0.05, 0.1) is 15.5 Å². The van der Waals surface area contributed by atoms with Gasteiger partial charge in [-0.1, -0.05) is 29.3 Å². The zero-order valence-electron chi connectivity index (χ0n) is 10.8. The first-order valence-electron chi connectivity index (χ1n) is 5.77. The van der Waals surface area contributed by atoms with Crippen LogP contribution in [-0.4, -0.2) is 14.3 Å². The number of primary sulfonamides is 1. The summed E-state index contributed by atoms with van der Waals surface area (Å²) >= 11 is 11.4. The Kier molecular flexibility index (Phi) is 4.72. The average Bonchev–Trinajstić information content (AvgIpc) is 2.36. The second kappa shape index (κ2) is 6.21. The number of amides is 1. The third-order valence-corrected chi connectivity index (χ3v) is 4.08. The molecule has 0 unspecified atom stereocenters. The number of carbonyl (C=O) groups excluding carboxylic acids is 1. The maximum atomic E-state index is 13.8. The summed E-state index contributed by atoms with van der Waals surface area (Å²) in [6, 6.07) is 7.39. The number of nitrogens with one attached hydrogen (secondary N) is 1. The van der Waals surface area contributed by atoms with Gasteiger partial charge in [0.15, 0.2) is 0 Å². The molecule has 5 nitrogen and oxygen atoms in total. The Hall–Kier alpha value is -1.67. The Morgan fingerprint density at radius 1 is 1.18 bits per heavy atom. The van der Waals surface area contributed by atoms with Gasteiger partial charge in [0.2, 0.25) is 10.0 Å². The monoisotopic (exact) mass is 362 g/mol. The quantitative estimate of drug-likeness (QED) is 0.879. The topological polar surface area (TPSA) is 89.3 Å². The first kappa shape index (κ1) is 16.7. The van der Waals surface area contributed by atoms with Crippen LogP contribution in [0.5, 0.6) is 0 Å². The number of nitrogens with two attached hydrogens (primary N) is 1. The highest BCUT2D eigenvalue weighted by Gasteiger charge is 2.18. The lowest BCUT2D eigenvalue weighted by molar-refractivity contribution is 0.102. The Bertz CT molecular complexity index is 833. The summed E-state index contributed by atoms with van der Waals surface area (Å²) in [5.74, 6) is -1.73. The highest BCUT2D eigenvalue weighted by Crippen LogP contribution is 2.25. The van der Waals surface area contributed by atoms with Crippen molar-refractivity contribution in [3.05, 3.63) is 57.8 Å². The Morgan fingerprint density at radius 3 is 2.45 bits per heavy atom. The summed E-state index contributed by atoms with van der Waals surface area (Å²) in [7, 11) is -3.92. The van der Waals surface area contributed by atoms with Crippen LogP contribution in [0.25, 0.3) is 0 Å². The molecule has 22 heavy (non-hydrogen) atoms. The van der Waals surface area contributed by atoms with Crippen LogP contribution in [0.4, 0.5) is 10.1 Å². The van der Waals surface area contributed by atoms with Crippen molar-refractivity contribution in [3.63, 3.8) is 0 Å². The van der Waals surface area contributed by atoms with Crippen molar-refractivity contribution >= 4 is 44.8 Å². The summed E-state index contributed by atoms with van der Waals surface area (Å²) in [6.45, 7) is 0. The molecule has 0 atom stereocenters. The zero-order valence-corrected chi connectivity index (χ0v) is 13.1. The van der Waals surface area contributed by atoms with Crippen LogP contribution in [0.3, 0.4) is 0 Å². The van der Waals surface area contributed by atoms with Crippen LogP contribution in [-0.2, 0) is 10.0 Å². The molecular weight excluding hydrogens is 354 g/mol. The van der Waals surface area contributed by atoms with Crippen molar-refractivity contribution < 1.29 is 17.6 Å². The fraction of sp³-hybridized carbons (Fsp3) is 0. The second-order valence-corrected chi connectivity index (χ2v) is 6.68. The maximum Gasteiger partial charge on any atom is 0.260 e. The lowest BCUT2D eigenvalue weighted by Crippen LogP contribution is -2.16. The molecule has 0 aromatic heterocycles. The number of anilines is 1. The molecule has 0 aliphatic rings. The van der Waals surface area contributed by atoms with E-state index in [0.29, 0.717) is 0 Å². The van der Waals surface area contributed by atoms with E-state index in [-0.39, 0.29) is 20.6 Å². The molecule has 2 rings (SSSR count). The van der Waals surface area contributed by atoms with Crippen LogP contribution in [0, 0.1) is 5.82 Å². The molecule has 3 N–H and O–H groups in total. The number of halogens is 3. The largest absolute Gasteiger partial charge is 0.322 e. The number of carbonyl (C=O) groups is 1. The lowest BCUT2D eigenvalue weighted by atomic mass is 10.2. The van der Waals surface area contributed by atoms with Gasteiger partial charge in [-0.15, -0.1) is 0 Å². The van der Waals surface area contributed by atoms with E-state index in [1.165, 1.54) is 24.3 Å². The predicted octanol–water partition coefficient (Wildman–Crippen LogP) is 3.03. The first-order valence-corrected chi connectivity index (χ1v) is 8.07. The summed E-state index contributed by atoms with van der Waals surface area (Å²) in [5.41, 5.74) is -0.269. The summed E-state index contributed by atoms with van der Waals surface area (Å²) in [4.78, 5) is 11.9. The molecule has 0 saturated carbocycles. The van der Waals surface area contributed by atoms with Gasteiger partial charge >= 0.3 is 0 Å². The molecule has 0 aliphatic carbocycles. The van der Waals surface area contributed by atoms with Crippen molar-refractivity contribution in [2.75, 3.05) is 5.32 Å². The van der Waals surface area contributed by atoms with Crippen LogP contribution in [0.1, 0.15) is 10.4 Å². The highest BCUT2D eigenvalue weighted by atomic mass is 35.5. The van der Waals surface area contributed by atoms with Crippen LogP contribution in [0.2, 0.25) is 10.0 Å². The molecule has 0 saturated heterocycles. The predicted molar refractivity (Wildman–Crippen MR) is 82.2 cm³/mol. The second-order valence-electron chi connectivity index (χ2n) is 4.27. The van der Waals surface area contributed by atoms with Gasteiger partial charge in [-0.3, -0.25) is 4.79 Å². The Morgan fingerprint density at radius 2 is 1.86 bits per heavy atom. The highest BCUT2D eigenvalue weighted by molar-refractivity contribution is 7.89. The maximum absolute atomic E-state index is 13.8. The number of sulfonamides is 1. The van der Waals surface area contributed by atoms with Gasteiger partial charge in [0.25, 0.3) is 5.91 Å². The van der Waals surface area contributed by atoms with Crippen molar-refractivity contribution in [1.29, 1.82) is 0 Å². The molecule has 116 valence electrons. The first-order chi connectivity index (χ1) is 10.2.